The largest absolute Gasteiger partial charge is 0.404 e. The van der Waals surface area contributed by atoms with Crippen molar-refractivity contribution in [2.75, 3.05) is 0 Å². The van der Waals surface area contributed by atoms with Crippen molar-refractivity contribution in [3.63, 3.8) is 0 Å². The van der Waals surface area contributed by atoms with Gasteiger partial charge in [-0.25, -0.2) is 8.42 Å². The average molecular weight is 555 g/mol. The molecule has 34 heavy (non-hydrogen) atoms. The highest BCUT2D eigenvalue weighted by molar-refractivity contribution is 9.10. The number of halogens is 4. The fourth-order valence-corrected chi connectivity index (χ4v) is 5.90. The number of nitriles is 1. The van der Waals surface area contributed by atoms with Gasteiger partial charge in [-0.3, -0.25) is 4.98 Å². The van der Waals surface area contributed by atoms with Gasteiger partial charge in [-0.15, -0.1) is 0 Å². The summed E-state index contributed by atoms with van der Waals surface area (Å²) in [4.78, 5) is 3.90. The van der Waals surface area contributed by atoms with Crippen molar-refractivity contribution in [2.45, 2.75) is 62.7 Å². The van der Waals surface area contributed by atoms with Crippen molar-refractivity contribution in [2.24, 2.45) is 0 Å². The van der Waals surface area contributed by atoms with Crippen molar-refractivity contribution in [1.82, 2.24) is 14.3 Å². The Morgan fingerprint density at radius 2 is 1.94 bits per heavy atom. The summed E-state index contributed by atoms with van der Waals surface area (Å²) in [6.07, 6.45) is 0.338. The number of pyridine rings is 1. The number of benzene rings is 1. The molecule has 1 fully saturated rings. The van der Waals surface area contributed by atoms with Gasteiger partial charge in [0.25, 0.3) is 0 Å². The number of fused-ring (bicyclic) bond motifs is 1. The number of aromatic nitrogens is 2. The van der Waals surface area contributed by atoms with E-state index in [0.717, 1.165) is 59.7 Å². The second-order valence-corrected chi connectivity index (χ2v) is 11.1. The predicted octanol–water partition coefficient (Wildman–Crippen LogP) is 5.99. The van der Waals surface area contributed by atoms with Crippen molar-refractivity contribution in [1.29, 1.82) is 5.26 Å². The van der Waals surface area contributed by atoms with Crippen LogP contribution < -0.4 is 4.72 Å². The summed E-state index contributed by atoms with van der Waals surface area (Å²) in [6.45, 7) is 2.70. The fraction of sp³-hybridized carbons (Fsp3) is 0.391. The van der Waals surface area contributed by atoms with Crippen LogP contribution in [0.15, 0.2) is 39.8 Å². The molecule has 1 aliphatic rings. The standard InChI is InChI=1S/C23H22BrF3N4O2S/c1-13-9-21-17(10-19(13)24)18(11-28)22(31(21)15-5-3-4-6-15)20-8-7-16(12-29-20)34(32,33)30-14(2)23(25,26)27/h7-10,12,14-15,30H,3-6H2,1-2H3. The first-order valence-electron chi connectivity index (χ1n) is 10.7. The number of alkyl halides is 3. The molecule has 0 spiro atoms. The second kappa shape index (κ2) is 8.98. The van der Waals surface area contributed by atoms with E-state index in [1.54, 1.807) is 4.72 Å². The molecule has 0 radical (unpaired) electrons. The number of hydrogen-bond acceptors (Lipinski definition) is 4. The lowest BCUT2D eigenvalue weighted by atomic mass is 10.1. The van der Waals surface area contributed by atoms with Gasteiger partial charge in [0, 0.05) is 22.1 Å². The van der Waals surface area contributed by atoms with Gasteiger partial charge >= 0.3 is 6.18 Å². The van der Waals surface area contributed by atoms with Gasteiger partial charge in [0.2, 0.25) is 10.0 Å². The van der Waals surface area contributed by atoms with E-state index < -0.39 is 22.2 Å². The molecule has 0 aliphatic heterocycles. The van der Waals surface area contributed by atoms with Crippen molar-refractivity contribution >= 4 is 36.9 Å². The fourth-order valence-electron chi connectivity index (χ4n) is 4.39. The lowest BCUT2D eigenvalue weighted by Gasteiger charge is -2.19. The zero-order valence-corrected chi connectivity index (χ0v) is 20.9. The van der Waals surface area contributed by atoms with Crippen LogP contribution in [0.5, 0.6) is 0 Å². The Balaban J connectivity index is 1.84. The molecule has 2 aromatic heterocycles. The first-order valence-corrected chi connectivity index (χ1v) is 13.0. The number of sulfonamides is 1. The lowest BCUT2D eigenvalue weighted by Crippen LogP contribution is -2.42. The number of hydrogen-bond donors (Lipinski definition) is 1. The van der Waals surface area contributed by atoms with Crippen LogP contribution >= 0.6 is 15.9 Å². The van der Waals surface area contributed by atoms with Gasteiger partial charge < -0.3 is 4.57 Å². The molecular weight excluding hydrogens is 533 g/mol. The van der Waals surface area contributed by atoms with Crippen LogP contribution in [0.1, 0.15) is 49.8 Å². The summed E-state index contributed by atoms with van der Waals surface area (Å²) in [6, 6.07) is 6.78. The van der Waals surface area contributed by atoms with E-state index in [2.05, 4.69) is 31.6 Å². The number of nitrogens with zero attached hydrogens (tertiary/aromatic N) is 3. The zero-order valence-electron chi connectivity index (χ0n) is 18.4. The highest BCUT2D eigenvalue weighted by Gasteiger charge is 2.39. The summed E-state index contributed by atoms with van der Waals surface area (Å²) in [5.41, 5.74) is 3.31. The maximum atomic E-state index is 12.8. The normalized spacial score (nSPS) is 16.1. The maximum Gasteiger partial charge on any atom is 0.404 e. The van der Waals surface area contributed by atoms with E-state index in [9.17, 15) is 26.9 Å². The highest BCUT2D eigenvalue weighted by atomic mass is 79.9. The Hall–Kier alpha value is -2.42. The van der Waals surface area contributed by atoms with E-state index in [1.165, 1.54) is 12.1 Å². The minimum atomic E-state index is -4.71. The third kappa shape index (κ3) is 4.46. The molecular formula is C23H22BrF3N4O2S. The number of nitrogens with one attached hydrogen (secondary N) is 1. The average Bonchev–Trinajstić information content (AvgIpc) is 3.39. The summed E-state index contributed by atoms with van der Waals surface area (Å²) >= 11 is 3.53. The van der Waals surface area contributed by atoms with E-state index in [4.69, 9.17) is 0 Å². The van der Waals surface area contributed by atoms with Crippen LogP contribution in [0.2, 0.25) is 0 Å². The molecule has 180 valence electrons. The molecule has 1 atom stereocenters. The minimum Gasteiger partial charge on any atom is -0.335 e. The molecule has 2 heterocycles. The summed E-state index contributed by atoms with van der Waals surface area (Å²) in [5.74, 6) is 0. The van der Waals surface area contributed by atoms with Gasteiger partial charge in [0.1, 0.15) is 17.0 Å². The molecule has 0 bridgehead atoms. The lowest BCUT2D eigenvalue weighted by molar-refractivity contribution is -0.147. The quantitative estimate of drug-likeness (QED) is 0.419. The Labute approximate surface area is 204 Å². The van der Waals surface area contributed by atoms with Crippen LogP contribution in [-0.4, -0.2) is 30.2 Å². The summed E-state index contributed by atoms with van der Waals surface area (Å²) in [5, 5.41) is 10.8. The van der Waals surface area contributed by atoms with E-state index in [-0.39, 0.29) is 10.9 Å². The van der Waals surface area contributed by atoms with Crippen LogP contribution in [0.3, 0.4) is 0 Å². The topological polar surface area (TPSA) is 87.8 Å². The Morgan fingerprint density at radius 1 is 1.26 bits per heavy atom. The van der Waals surface area contributed by atoms with Crippen LogP contribution in [0.25, 0.3) is 22.3 Å². The van der Waals surface area contributed by atoms with Gasteiger partial charge in [0.15, 0.2) is 0 Å². The number of aryl methyl sites for hydroxylation is 1. The molecule has 1 N–H and O–H groups in total. The first-order chi connectivity index (χ1) is 15.9. The summed E-state index contributed by atoms with van der Waals surface area (Å²) in [7, 11) is -4.43. The molecule has 3 aromatic rings. The molecule has 1 aliphatic carbocycles. The van der Waals surface area contributed by atoms with Crippen molar-refractivity contribution in [3.05, 3.63) is 46.1 Å². The maximum absolute atomic E-state index is 12.8. The molecule has 1 aromatic carbocycles. The molecule has 0 amide bonds. The van der Waals surface area contributed by atoms with Gasteiger partial charge in [-0.2, -0.15) is 23.2 Å². The van der Waals surface area contributed by atoms with Crippen molar-refractivity contribution < 1.29 is 21.6 Å². The van der Waals surface area contributed by atoms with Gasteiger partial charge in [0.05, 0.1) is 22.5 Å². The SMILES string of the molecule is Cc1cc2c(cc1Br)c(C#N)c(-c1ccc(S(=O)(=O)NC(C)C(F)(F)F)cn1)n2C1CCCC1. The molecule has 1 saturated carbocycles. The first kappa shape index (κ1) is 24.7. The Morgan fingerprint density at radius 3 is 2.50 bits per heavy atom. The number of rotatable bonds is 5. The Kier molecular flexibility index (Phi) is 6.52. The van der Waals surface area contributed by atoms with E-state index >= 15 is 0 Å². The molecule has 4 rings (SSSR count). The molecule has 6 nitrogen and oxygen atoms in total. The van der Waals surface area contributed by atoms with E-state index in [0.29, 0.717) is 17.0 Å². The third-order valence-electron chi connectivity index (χ3n) is 6.20. The van der Waals surface area contributed by atoms with Crippen molar-refractivity contribution in [3.8, 4) is 17.5 Å². The van der Waals surface area contributed by atoms with E-state index in [1.807, 2.05) is 19.1 Å². The Bertz CT molecular complexity index is 1390. The summed E-state index contributed by atoms with van der Waals surface area (Å²) < 4.78 is 68.0. The second-order valence-electron chi connectivity index (χ2n) is 8.53. The highest BCUT2D eigenvalue weighted by Crippen LogP contribution is 2.42. The predicted molar refractivity (Wildman–Crippen MR) is 126 cm³/mol. The van der Waals surface area contributed by atoms with Crippen LogP contribution in [0, 0.1) is 18.3 Å². The molecule has 0 saturated heterocycles. The third-order valence-corrected chi connectivity index (χ3v) is 8.58. The smallest absolute Gasteiger partial charge is 0.335 e. The zero-order chi connectivity index (χ0) is 24.8. The molecule has 1 unspecified atom stereocenters. The minimum absolute atomic E-state index is 0.166. The monoisotopic (exact) mass is 554 g/mol. The van der Waals surface area contributed by atoms with Gasteiger partial charge in [-0.05, 0) is 56.5 Å². The van der Waals surface area contributed by atoms with Crippen LogP contribution in [-0.2, 0) is 10.0 Å². The molecule has 11 heteroatoms. The van der Waals surface area contributed by atoms with Crippen LogP contribution in [0.4, 0.5) is 13.2 Å². The van der Waals surface area contributed by atoms with Gasteiger partial charge in [-0.1, -0.05) is 28.8 Å².